The third-order valence-corrected chi connectivity index (χ3v) is 19.3. The summed E-state index contributed by atoms with van der Waals surface area (Å²) in [5.74, 6) is 7.41. The first-order valence-corrected chi connectivity index (χ1v) is 19.5. The molecule has 0 saturated heterocycles. The van der Waals surface area contributed by atoms with Crippen molar-refractivity contribution in [3.8, 4) is 0 Å². The van der Waals surface area contributed by atoms with Gasteiger partial charge in [-0.05, 0) is 0 Å². The molecule has 0 radical (unpaired) electrons. The molecule has 4 saturated carbocycles. The van der Waals surface area contributed by atoms with E-state index < -0.39 is 7.41 Å². The predicted molar refractivity (Wildman–Crippen MR) is 169 cm³/mol. The van der Waals surface area contributed by atoms with Crippen LogP contribution in [0.1, 0.15) is 128 Å². The summed E-state index contributed by atoms with van der Waals surface area (Å²) in [4.78, 5) is 0. The van der Waals surface area contributed by atoms with E-state index in [0.717, 1.165) is 53.0 Å². The van der Waals surface area contributed by atoms with Crippen LogP contribution in [-0.4, -0.2) is 36.2 Å². The van der Waals surface area contributed by atoms with Crippen LogP contribution in [0.5, 0.6) is 0 Å². The minimum absolute atomic E-state index is 0.275. The standard InChI is InChI=1S/C35H68NP/c1-23-17-25-18-28(22-35(11,21-25)33(6,7)8)31(23)34(9,10)36(12)37(13,14)24(2)30-26-15-16-27(30)20-29(19-26)32(3,4)5/h23-31,37H,15-22H2,1-14H3. The van der Waals surface area contributed by atoms with Crippen LogP contribution in [0, 0.1) is 63.6 Å². The average Bonchev–Trinajstić information content (AvgIpc) is 2.98. The van der Waals surface area contributed by atoms with Gasteiger partial charge in [0.2, 0.25) is 0 Å². The summed E-state index contributed by atoms with van der Waals surface area (Å²) >= 11 is 0. The van der Waals surface area contributed by atoms with Gasteiger partial charge in [-0.2, -0.15) is 0 Å². The number of hydrogen-bond donors (Lipinski definition) is 0. The van der Waals surface area contributed by atoms with Gasteiger partial charge in [0.25, 0.3) is 0 Å². The molecule has 0 spiro atoms. The van der Waals surface area contributed by atoms with Crippen LogP contribution in [0.4, 0.5) is 0 Å². The van der Waals surface area contributed by atoms with E-state index in [9.17, 15) is 0 Å². The van der Waals surface area contributed by atoms with Gasteiger partial charge in [0.05, 0.1) is 0 Å². The van der Waals surface area contributed by atoms with Gasteiger partial charge < -0.3 is 0 Å². The van der Waals surface area contributed by atoms with Crippen LogP contribution < -0.4 is 0 Å². The first-order chi connectivity index (χ1) is 16.7. The molecular formula is C35H68NP. The van der Waals surface area contributed by atoms with Crippen LogP contribution >= 0.6 is 7.41 Å². The van der Waals surface area contributed by atoms with E-state index in [0.29, 0.717) is 16.2 Å². The van der Waals surface area contributed by atoms with Crippen molar-refractivity contribution >= 4 is 7.41 Å². The quantitative estimate of drug-likeness (QED) is 0.318. The Balaban J connectivity index is 1.56. The molecule has 0 N–H and O–H groups in total. The zero-order chi connectivity index (χ0) is 27.9. The summed E-state index contributed by atoms with van der Waals surface area (Å²) in [6.45, 7) is 33.9. The fraction of sp³-hybridized carbons (Fsp3) is 1.00. The number of fused-ring (bicyclic) bond motifs is 4. The van der Waals surface area contributed by atoms with Crippen molar-refractivity contribution in [2.75, 3.05) is 20.4 Å². The molecule has 0 heterocycles. The van der Waals surface area contributed by atoms with E-state index in [4.69, 9.17) is 0 Å². The number of nitrogens with zero attached hydrogens (tertiary/aromatic N) is 1. The molecule has 8 atom stereocenters. The normalized spacial score (nSPS) is 42.7. The van der Waals surface area contributed by atoms with Gasteiger partial charge in [-0.1, -0.05) is 0 Å². The first-order valence-electron chi connectivity index (χ1n) is 16.4. The first kappa shape index (κ1) is 30.4. The Bertz CT molecular complexity index is 798. The van der Waals surface area contributed by atoms with Gasteiger partial charge in [-0.15, -0.1) is 0 Å². The third kappa shape index (κ3) is 5.27. The summed E-state index contributed by atoms with van der Waals surface area (Å²) in [7, 11) is 0.941. The van der Waals surface area contributed by atoms with Crippen LogP contribution in [0.15, 0.2) is 0 Å². The van der Waals surface area contributed by atoms with Crippen LogP contribution in [0.3, 0.4) is 0 Å². The Labute approximate surface area is 234 Å². The Morgan fingerprint density at radius 1 is 0.811 bits per heavy atom. The molecule has 4 aliphatic carbocycles. The molecule has 4 aliphatic rings. The maximum atomic E-state index is 3.05. The molecule has 4 bridgehead atoms. The molecule has 4 rings (SSSR count). The van der Waals surface area contributed by atoms with Crippen molar-refractivity contribution in [1.29, 1.82) is 0 Å². The molecule has 0 aromatic rings. The summed E-state index contributed by atoms with van der Waals surface area (Å²) in [6.07, 6.45) is 11.9. The van der Waals surface area contributed by atoms with E-state index in [1.54, 1.807) is 0 Å². The molecule has 1 nitrogen and oxygen atoms in total. The third-order valence-electron chi connectivity index (χ3n) is 14.4. The van der Waals surface area contributed by atoms with Crippen LogP contribution in [0.25, 0.3) is 0 Å². The molecule has 0 aliphatic heterocycles. The monoisotopic (exact) mass is 534 g/mol. The van der Waals surface area contributed by atoms with Crippen molar-refractivity contribution in [3.63, 3.8) is 0 Å². The molecule has 37 heavy (non-hydrogen) atoms. The Morgan fingerprint density at radius 3 is 1.84 bits per heavy atom. The second-order valence-electron chi connectivity index (χ2n) is 18.7. The van der Waals surface area contributed by atoms with E-state index in [-0.39, 0.29) is 5.54 Å². The van der Waals surface area contributed by atoms with Gasteiger partial charge >= 0.3 is 235 Å². The fourth-order valence-corrected chi connectivity index (χ4v) is 14.9. The van der Waals surface area contributed by atoms with E-state index in [2.05, 4.69) is 101 Å². The van der Waals surface area contributed by atoms with Crippen molar-refractivity contribution in [2.24, 2.45) is 63.6 Å². The Morgan fingerprint density at radius 2 is 1.35 bits per heavy atom. The maximum absolute atomic E-state index is 3.05. The van der Waals surface area contributed by atoms with Crippen LogP contribution in [0.2, 0.25) is 0 Å². The molecule has 8 unspecified atom stereocenters. The molecule has 0 aromatic carbocycles. The number of rotatable bonds is 5. The number of hydrogen-bond acceptors (Lipinski definition) is 1. The fourth-order valence-electron chi connectivity index (χ4n) is 11.2. The second-order valence-corrected chi connectivity index (χ2v) is 23.6. The van der Waals surface area contributed by atoms with E-state index in [1.165, 1.54) is 51.4 Å². The summed E-state index contributed by atoms with van der Waals surface area (Å²) in [6, 6.07) is 0. The average molecular weight is 534 g/mol. The van der Waals surface area contributed by atoms with Crippen molar-refractivity contribution in [3.05, 3.63) is 0 Å². The van der Waals surface area contributed by atoms with Gasteiger partial charge in [0, 0.05) is 0 Å². The van der Waals surface area contributed by atoms with Gasteiger partial charge in [0.15, 0.2) is 0 Å². The summed E-state index contributed by atoms with van der Waals surface area (Å²) < 4.78 is 3.05. The molecule has 0 aromatic heterocycles. The molecule has 218 valence electrons. The molecule has 4 fully saturated rings. The zero-order valence-electron chi connectivity index (χ0n) is 27.8. The van der Waals surface area contributed by atoms with Gasteiger partial charge in [0.1, 0.15) is 0 Å². The molecule has 0 amide bonds. The predicted octanol–water partition coefficient (Wildman–Crippen LogP) is 10.2. The summed E-state index contributed by atoms with van der Waals surface area (Å²) in [5, 5.41) is 0. The van der Waals surface area contributed by atoms with Crippen molar-refractivity contribution in [1.82, 2.24) is 4.67 Å². The topological polar surface area (TPSA) is 3.24 Å². The molecular weight excluding hydrogens is 465 g/mol. The van der Waals surface area contributed by atoms with Gasteiger partial charge in [-0.3, -0.25) is 0 Å². The minimum atomic E-state index is -1.64. The molecule has 2 heteroatoms. The second kappa shape index (κ2) is 9.74. The SMILES string of the molecule is CC1CC2CC(CC(C)(C(C)(C)C)C2)C1C(C)(C)N(C)[PH](C)(C)C(C)C1C2CCC1CC(C(C)(C)C)C2. The zero-order valence-corrected chi connectivity index (χ0v) is 28.8. The Kier molecular flexibility index (Phi) is 7.99. The van der Waals surface area contributed by atoms with Crippen LogP contribution in [-0.2, 0) is 0 Å². The van der Waals surface area contributed by atoms with Crippen molar-refractivity contribution in [2.45, 2.75) is 139 Å². The Hall–Kier alpha value is 0.390. The van der Waals surface area contributed by atoms with E-state index in [1.807, 2.05) is 0 Å². The van der Waals surface area contributed by atoms with Crippen molar-refractivity contribution < 1.29 is 0 Å². The van der Waals surface area contributed by atoms with Gasteiger partial charge in [-0.25, -0.2) is 0 Å². The summed E-state index contributed by atoms with van der Waals surface area (Å²) in [5.41, 5.74) is 2.53. The van der Waals surface area contributed by atoms with E-state index >= 15 is 0 Å².